The van der Waals surface area contributed by atoms with Crippen LogP contribution in [-0.4, -0.2) is 30.2 Å². The average molecular weight is 316 g/mol. The van der Waals surface area contributed by atoms with Crippen molar-refractivity contribution in [2.75, 3.05) is 24.1 Å². The molecule has 0 amide bonds. The van der Waals surface area contributed by atoms with Gasteiger partial charge in [0.15, 0.2) is 0 Å². The molecule has 0 radical (unpaired) electrons. The zero-order chi connectivity index (χ0) is 17.0. The number of nitrogens with one attached hydrogen (secondary N) is 1. The minimum absolute atomic E-state index is 0.208. The first-order valence-corrected chi connectivity index (χ1v) is 7.83. The maximum Gasteiger partial charge on any atom is 0.330 e. The molecule has 0 unspecified atom stereocenters. The summed E-state index contributed by atoms with van der Waals surface area (Å²) in [5, 5.41) is 14.0. The Balaban J connectivity index is 1.86. The van der Waals surface area contributed by atoms with Crippen molar-refractivity contribution in [3.63, 3.8) is 0 Å². The van der Waals surface area contributed by atoms with Gasteiger partial charge in [0.25, 0.3) is 0 Å². The van der Waals surface area contributed by atoms with Crippen molar-refractivity contribution in [3.8, 4) is 6.07 Å². The lowest BCUT2D eigenvalue weighted by molar-refractivity contribution is -0.204. The minimum atomic E-state index is -0.494. The van der Waals surface area contributed by atoms with Gasteiger partial charge in [-0.2, -0.15) is 5.26 Å². The molecule has 6 heteroatoms. The second kappa shape index (κ2) is 6.88. The van der Waals surface area contributed by atoms with Crippen LogP contribution >= 0.6 is 0 Å². The van der Waals surface area contributed by atoms with Crippen molar-refractivity contribution in [1.82, 2.24) is 5.06 Å². The predicted molar refractivity (Wildman–Crippen MR) is 89.3 cm³/mol. The zero-order valence-electron chi connectivity index (χ0n) is 13.9. The van der Waals surface area contributed by atoms with Gasteiger partial charge in [0.1, 0.15) is 0 Å². The Kier molecular flexibility index (Phi) is 5.12. The lowest BCUT2D eigenvalue weighted by atomic mass is 9.98. The molecule has 1 heterocycles. The predicted octanol–water partition coefficient (Wildman–Crippen LogP) is 2.52. The number of nitrogen functional groups attached to an aromatic ring is 1. The Labute approximate surface area is 137 Å². The van der Waals surface area contributed by atoms with Gasteiger partial charge in [-0.15, -0.1) is 5.06 Å². The molecule has 0 saturated carbocycles. The molecule has 1 aromatic rings. The highest BCUT2D eigenvalue weighted by Gasteiger charge is 2.28. The number of anilines is 2. The molecule has 1 aliphatic rings. The third-order valence-electron chi connectivity index (χ3n) is 3.82. The molecule has 0 aliphatic carbocycles. The summed E-state index contributed by atoms with van der Waals surface area (Å²) >= 11 is 0. The number of carbonyl (C=O) groups is 1. The van der Waals surface area contributed by atoms with Gasteiger partial charge in [-0.25, -0.2) is 4.79 Å². The summed E-state index contributed by atoms with van der Waals surface area (Å²) < 4.78 is 0. The lowest BCUT2D eigenvalue weighted by Crippen LogP contribution is -2.42. The third kappa shape index (κ3) is 4.60. The van der Waals surface area contributed by atoms with Crippen LogP contribution in [0.25, 0.3) is 0 Å². The van der Waals surface area contributed by atoms with E-state index in [1.807, 2.05) is 26.8 Å². The largest absolute Gasteiger partial charge is 0.397 e. The molecular weight excluding hydrogens is 292 g/mol. The molecule has 0 bridgehead atoms. The first-order valence-electron chi connectivity index (χ1n) is 7.83. The number of carbonyl (C=O) groups excluding carboxylic acids is 1. The maximum atomic E-state index is 11.9. The Morgan fingerprint density at radius 2 is 2.04 bits per heavy atom. The van der Waals surface area contributed by atoms with Crippen molar-refractivity contribution < 1.29 is 9.63 Å². The van der Waals surface area contributed by atoms with E-state index in [4.69, 9.17) is 15.8 Å². The van der Waals surface area contributed by atoms with Crippen LogP contribution in [0.3, 0.4) is 0 Å². The van der Waals surface area contributed by atoms with E-state index < -0.39 is 5.41 Å². The fourth-order valence-corrected chi connectivity index (χ4v) is 2.33. The molecule has 0 aromatic heterocycles. The average Bonchev–Trinajstić information content (AvgIpc) is 2.50. The van der Waals surface area contributed by atoms with Gasteiger partial charge in [-0.3, -0.25) is 0 Å². The van der Waals surface area contributed by atoms with Gasteiger partial charge in [-0.05, 0) is 51.8 Å². The van der Waals surface area contributed by atoms with Crippen molar-refractivity contribution in [2.45, 2.75) is 39.7 Å². The molecule has 0 atom stereocenters. The van der Waals surface area contributed by atoms with Gasteiger partial charge in [0.05, 0.1) is 28.4 Å². The highest BCUT2D eigenvalue weighted by molar-refractivity contribution is 5.75. The topological polar surface area (TPSA) is 91.4 Å². The van der Waals surface area contributed by atoms with E-state index in [1.54, 1.807) is 17.2 Å². The van der Waals surface area contributed by atoms with E-state index in [0.717, 1.165) is 18.5 Å². The van der Waals surface area contributed by atoms with E-state index in [-0.39, 0.29) is 12.0 Å². The SMILES string of the molecule is CC(C)(C)C(=O)ON1CCC(Nc2ccc(C#N)cc2N)CC1. The van der Waals surface area contributed by atoms with Crippen LogP contribution in [0, 0.1) is 16.7 Å². The Bertz CT molecular complexity index is 608. The van der Waals surface area contributed by atoms with Crippen LogP contribution in [0.1, 0.15) is 39.2 Å². The third-order valence-corrected chi connectivity index (χ3v) is 3.82. The van der Waals surface area contributed by atoms with E-state index in [0.29, 0.717) is 24.3 Å². The van der Waals surface area contributed by atoms with E-state index in [1.165, 1.54) is 0 Å². The molecule has 124 valence electrons. The molecule has 1 fully saturated rings. The highest BCUT2D eigenvalue weighted by atomic mass is 16.7. The number of hydrogen-bond donors (Lipinski definition) is 2. The highest BCUT2D eigenvalue weighted by Crippen LogP contribution is 2.24. The normalized spacial score (nSPS) is 16.6. The van der Waals surface area contributed by atoms with Gasteiger partial charge in [0.2, 0.25) is 0 Å². The lowest BCUT2D eigenvalue weighted by Gasteiger charge is -2.33. The van der Waals surface area contributed by atoms with Crippen LogP contribution in [-0.2, 0) is 9.63 Å². The zero-order valence-corrected chi connectivity index (χ0v) is 13.9. The van der Waals surface area contributed by atoms with Crippen molar-refractivity contribution in [1.29, 1.82) is 5.26 Å². The van der Waals surface area contributed by atoms with Crippen molar-refractivity contribution in [2.24, 2.45) is 5.41 Å². The number of nitriles is 1. The fraction of sp³-hybridized carbons (Fsp3) is 0.529. The Morgan fingerprint density at radius 1 is 1.39 bits per heavy atom. The number of hydroxylamine groups is 2. The Hall–Kier alpha value is -2.26. The minimum Gasteiger partial charge on any atom is -0.397 e. The van der Waals surface area contributed by atoms with Gasteiger partial charge >= 0.3 is 5.97 Å². The molecular formula is C17H24N4O2. The summed E-state index contributed by atoms with van der Waals surface area (Å²) in [7, 11) is 0. The van der Waals surface area contributed by atoms with Crippen LogP contribution < -0.4 is 11.1 Å². The Morgan fingerprint density at radius 3 is 2.57 bits per heavy atom. The molecule has 2 rings (SSSR count). The van der Waals surface area contributed by atoms with E-state index in [2.05, 4.69) is 11.4 Å². The van der Waals surface area contributed by atoms with Crippen molar-refractivity contribution in [3.05, 3.63) is 23.8 Å². The van der Waals surface area contributed by atoms with E-state index >= 15 is 0 Å². The van der Waals surface area contributed by atoms with Crippen LogP contribution in [0.2, 0.25) is 0 Å². The van der Waals surface area contributed by atoms with Gasteiger partial charge in [-0.1, -0.05) is 0 Å². The first kappa shape index (κ1) is 17.1. The number of hydrogen-bond acceptors (Lipinski definition) is 6. The second-order valence-electron chi connectivity index (χ2n) is 6.89. The molecule has 6 nitrogen and oxygen atoms in total. The molecule has 0 spiro atoms. The smallest absolute Gasteiger partial charge is 0.330 e. The second-order valence-corrected chi connectivity index (χ2v) is 6.89. The molecule has 1 aromatic carbocycles. The summed E-state index contributed by atoms with van der Waals surface area (Å²) in [5.74, 6) is -0.208. The number of nitrogens with two attached hydrogens (primary N) is 1. The fourth-order valence-electron chi connectivity index (χ4n) is 2.33. The number of rotatable bonds is 3. The van der Waals surface area contributed by atoms with Crippen molar-refractivity contribution >= 4 is 17.3 Å². The number of nitrogens with zero attached hydrogens (tertiary/aromatic N) is 2. The summed E-state index contributed by atoms with van der Waals surface area (Å²) in [4.78, 5) is 17.3. The molecule has 1 saturated heterocycles. The summed E-state index contributed by atoms with van der Waals surface area (Å²) in [5.41, 5.74) is 7.44. The van der Waals surface area contributed by atoms with Gasteiger partial charge in [0, 0.05) is 19.1 Å². The molecule has 23 heavy (non-hydrogen) atoms. The standard InChI is InChI=1S/C17H24N4O2/c1-17(2,3)16(22)23-21-8-6-13(7-9-21)20-15-5-4-12(11-18)10-14(15)19/h4-5,10,13,20H,6-9,19H2,1-3H3. The maximum absolute atomic E-state index is 11.9. The summed E-state index contributed by atoms with van der Waals surface area (Å²) in [6.07, 6.45) is 1.72. The number of piperidine rings is 1. The molecule has 1 aliphatic heterocycles. The van der Waals surface area contributed by atoms with Gasteiger partial charge < -0.3 is 15.9 Å². The molecule has 3 N–H and O–H groups in total. The number of benzene rings is 1. The summed E-state index contributed by atoms with van der Waals surface area (Å²) in [6, 6.07) is 7.60. The summed E-state index contributed by atoms with van der Waals surface area (Å²) in [6.45, 7) is 6.91. The first-order chi connectivity index (χ1) is 10.8. The van der Waals surface area contributed by atoms with Crippen LogP contribution in [0.4, 0.5) is 11.4 Å². The van der Waals surface area contributed by atoms with Crippen LogP contribution in [0.15, 0.2) is 18.2 Å². The monoisotopic (exact) mass is 316 g/mol. The van der Waals surface area contributed by atoms with Crippen LogP contribution in [0.5, 0.6) is 0 Å². The quantitative estimate of drug-likeness (QED) is 0.833. The van der Waals surface area contributed by atoms with E-state index in [9.17, 15) is 4.79 Å².